The number of carboxylic acids is 1. The van der Waals surface area contributed by atoms with Crippen LogP contribution in [-0.2, 0) is 24.3 Å². The molecule has 0 aromatic carbocycles. The fourth-order valence-electron chi connectivity index (χ4n) is 3.41. The Kier molecular flexibility index (Phi) is 27.8. The van der Waals surface area contributed by atoms with Gasteiger partial charge in [0.1, 0.15) is 0 Å². The molecule has 0 aliphatic carbocycles. The Hall–Kier alpha value is -0.167. The summed E-state index contributed by atoms with van der Waals surface area (Å²) in [5, 5.41) is 8.57. The molecule has 0 aromatic rings. The van der Waals surface area contributed by atoms with Gasteiger partial charge in [0.2, 0.25) is 0 Å². The van der Waals surface area contributed by atoms with Gasteiger partial charge in [-0.3, -0.25) is 4.79 Å². The van der Waals surface area contributed by atoms with E-state index in [4.69, 9.17) is 5.11 Å². The maximum atomic E-state index is 10.4. The standard InChI is InChI=1S/C24H46O2.Zn/c1-2-3-4-5-6-7-8-9-10-11-12-13-14-15-16-17-18-19-20-21-22-23-24(25)26;/h9-10H,2-8,11-23H2,1H3,(H,25,26);. The second-order valence-electron chi connectivity index (χ2n) is 7.85. The van der Waals surface area contributed by atoms with Crippen LogP contribution in [0.5, 0.6) is 0 Å². The zero-order valence-electron chi connectivity index (χ0n) is 18.4. The predicted molar refractivity (Wildman–Crippen MR) is 115 cm³/mol. The largest absolute Gasteiger partial charge is 0.481 e. The van der Waals surface area contributed by atoms with E-state index >= 15 is 0 Å². The molecule has 27 heavy (non-hydrogen) atoms. The molecule has 0 fully saturated rings. The van der Waals surface area contributed by atoms with Crippen LogP contribution < -0.4 is 0 Å². The number of carboxylic acid groups (broad SMARTS) is 1. The van der Waals surface area contributed by atoms with Crippen molar-refractivity contribution < 1.29 is 29.4 Å². The fourth-order valence-corrected chi connectivity index (χ4v) is 3.41. The van der Waals surface area contributed by atoms with Gasteiger partial charge in [0.05, 0.1) is 0 Å². The molecular formula is C24H46O2Zn. The van der Waals surface area contributed by atoms with Crippen LogP contribution in [0, 0.1) is 0 Å². The first-order chi connectivity index (χ1) is 12.8. The smallest absolute Gasteiger partial charge is 0.303 e. The Bertz CT molecular complexity index is 316. The van der Waals surface area contributed by atoms with Crippen LogP contribution in [0.2, 0.25) is 0 Å². The SMILES string of the molecule is CCCCCCCCC=CCCCCCCCCCCCCCC(=O)O.[Zn]. The molecule has 0 unspecified atom stereocenters. The Morgan fingerprint density at radius 1 is 0.593 bits per heavy atom. The molecule has 0 bridgehead atoms. The van der Waals surface area contributed by atoms with Crippen molar-refractivity contribution in [2.24, 2.45) is 0 Å². The third-order valence-corrected chi connectivity index (χ3v) is 5.15. The van der Waals surface area contributed by atoms with Crippen molar-refractivity contribution >= 4 is 5.97 Å². The number of rotatable bonds is 21. The van der Waals surface area contributed by atoms with E-state index in [9.17, 15) is 4.79 Å². The average Bonchev–Trinajstić information content (AvgIpc) is 2.62. The molecule has 0 radical (unpaired) electrons. The second kappa shape index (κ2) is 25.8. The van der Waals surface area contributed by atoms with E-state index < -0.39 is 5.97 Å². The number of hydrogen-bond acceptors (Lipinski definition) is 1. The first-order valence-electron chi connectivity index (χ1n) is 11.6. The normalized spacial score (nSPS) is 11.0. The molecule has 0 saturated heterocycles. The molecule has 1 N–H and O–H groups in total. The summed E-state index contributed by atoms with van der Waals surface area (Å²) >= 11 is 0. The molecule has 0 rings (SSSR count). The van der Waals surface area contributed by atoms with Crippen molar-refractivity contribution in [2.45, 2.75) is 135 Å². The summed E-state index contributed by atoms with van der Waals surface area (Å²) < 4.78 is 0. The van der Waals surface area contributed by atoms with Crippen molar-refractivity contribution in [3.05, 3.63) is 12.2 Å². The monoisotopic (exact) mass is 430 g/mol. The van der Waals surface area contributed by atoms with Gasteiger partial charge in [-0.15, -0.1) is 0 Å². The Morgan fingerprint density at radius 2 is 0.926 bits per heavy atom. The van der Waals surface area contributed by atoms with Gasteiger partial charge in [-0.05, 0) is 32.1 Å². The van der Waals surface area contributed by atoms with Crippen molar-refractivity contribution in [1.29, 1.82) is 0 Å². The summed E-state index contributed by atoms with van der Waals surface area (Å²) in [5.74, 6) is -0.654. The number of unbranched alkanes of at least 4 members (excludes halogenated alkanes) is 17. The number of hydrogen-bond donors (Lipinski definition) is 1. The van der Waals surface area contributed by atoms with Gasteiger partial charge in [0, 0.05) is 25.9 Å². The van der Waals surface area contributed by atoms with Crippen LogP contribution in [0.4, 0.5) is 0 Å². The van der Waals surface area contributed by atoms with Crippen molar-refractivity contribution in [3.63, 3.8) is 0 Å². The molecule has 3 heteroatoms. The summed E-state index contributed by atoms with van der Waals surface area (Å²) in [6, 6.07) is 0. The molecule has 0 atom stereocenters. The average molecular weight is 432 g/mol. The van der Waals surface area contributed by atoms with Gasteiger partial charge in [-0.1, -0.05) is 109 Å². The minimum Gasteiger partial charge on any atom is -0.481 e. The summed E-state index contributed by atoms with van der Waals surface area (Å²) in [4.78, 5) is 10.4. The summed E-state index contributed by atoms with van der Waals surface area (Å²) in [6.45, 7) is 2.28. The molecule has 0 aliphatic rings. The summed E-state index contributed by atoms with van der Waals surface area (Å²) in [7, 11) is 0. The van der Waals surface area contributed by atoms with E-state index in [1.807, 2.05) is 0 Å². The third kappa shape index (κ3) is 28.1. The van der Waals surface area contributed by atoms with E-state index in [2.05, 4.69) is 19.1 Å². The number of allylic oxidation sites excluding steroid dienone is 2. The first-order valence-corrected chi connectivity index (χ1v) is 11.6. The van der Waals surface area contributed by atoms with Gasteiger partial charge in [0.25, 0.3) is 0 Å². The van der Waals surface area contributed by atoms with E-state index in [-0.39, 0.29) is 19.5 Å². The molecule has 0 amide bonds. The van der Waals surface area contributed by atoms with E-state index in [1.165, 1.54) is 109 Å². The number of carbonyl (C=O) groups is 1. The van der Waals surface area contributed by atoms with Crippen LogP contribution in [0.1, 0.15) is 135 Å². The Morgan fingerprint density at radius 3 is 1.30 bits per heavy atom. The minimum absolute atomic E-state index is 0. The van der Waals surface area contributed by atoms with Crippen molar-refractivity contribution in [2.75, 3.05) is 0 Å². The summed E-state index contributed by atoms with van der Waals surface area (Å²) in [6.07, 6.45) is 30.1. The van der Waals surface area contributed by atoms with Gasteiger partial charge in [-0.25, -0.2) is 0 Å². The molecule has 0 saturated carbocycles. The topological polar surface area (TPSA) is 37.3 Å². The fraction of sp³-hybridized carbons (Fsp3) is 0.875. The molecule has 0 spiro atoms. The van der Waals surface area contributed by atoms with Gasteiger partial charge in [-0.2, -0.15) is 0 Å². The van der Waals surface area contributed by atoms with E-state index in [1.54, 1.807) is 0 Å². The van der Waals surface area contributed by atoms with Crippen LogP contribution in [0.15, 0.2) is 12.2 Å². The van der Waals surface area contributed by atoms with Gasteiger partial charge in [0.15, 0.2) is 0 Å². The first kappa shape index (κ1) is 29.0. The molecule has 2 nitrogen and oxygen atoms in total. The van der Waals surface area contributed by atoms with E-state index in [0.717, 1.165) is 12.8 Å². The van der Waals surface area contributed by atoms with Gasteiger partial charge < -0.3 is 5.11 Å². The maximum absolute atomic E-state index is 10.4. The molecule has 156 valence electrons. The predicted octanol–water partition coefficient (Wildman–Crippen LogP) is 8.45. The summed E-state index contributed by atoms with van der Waals surface area (Å²) in [5.41, 5.74) is 0. The van der Waals surface area contributed by atoms with E-state index in [0.29, 0.717) is 6.42 Å². The van der Waals surface area contributed by atoms with Crippen LogP contribution in [0.3, 0.4) is 0 Å². The molecule has 0 aliphatic heterocycles. The third-order valence-electron chi connectivity index (χ3n) is 5.15. The Balaban J connectivity index is 0. The molecular weight excluding hydrogens is 386 g/mol. The second-order valence-corrected chi connectivity index (χ2v) is 7.85. The van der Waals surface area contributed by atoms with Crippen LogP contribution in [-0.4, -0.2) is 11.1 Å². The number of aliphatic carboxylic acids is 1. The molecule has 0 aromatic heterocycles. The minimum atomic E-state index is -0.654. The van der Waals surface area contributed by atoms with Crippen LogP contribution >= 0.6 is 0 Å². The zero-order chi connectivity index (χ0) is 19.1. The molecule has 0 heterocycles. The van der Waals surface area contributed by atoms with Gasteiger partial charge >= 0.3 is 5.97 Å². The van der Waals surface area contributed by atoms with Crippen molar-refractivity contribution in [1.82, 2.24) is 0 Å². The quantitative estimate of drug-likeness (QED) is 0.112. The van der Waals surface area contributed by atoms with Crippen molar-refractivity contribution in [3.8, 4) is 0 Å². The zero-order valence-corrected chi connectivity index (χ0v) is 21.3. The Labute approximate surface area is 182 Å². The maximum Gasteiger partial charge on any atom is 0.303 e. The van der Waals surface area contributed by atoms with Crippen LogP contribution in [0.25, 0.3) is 0 Å².